The van der Waals surface area contributed by atoms with Crippen molar-refractivity contribution in [2.45, 2.75) is 51.5 Å². The fourth-order valence-corrected chi connectivity index (χ4v) is 3.80. The molecule has 0 saturated heterocycles. The van der Waals surface area contributed by atoms with Crippen molar-refractivity contribution in [3.63, 3.8) is 0 Å². The number of rotatable bonds is 5. The molecule has 0 bridgehead atoms. The molecule has 1 aromatic heterocycles. The standard InChI is InChI=1S/C19H21ClF2N4O/c1-3-16-24-9(2)18(19(20)25-16)26-17(27)8-15(23)11-5-4-10-6-13(21)14(22)7-12(10)11/h6-7,11,15H,3-5,8,23H2,1-2H3,(H,26,27). The molecule has 1 aliphatic carbocycles. The Kier molecular flexibility index (Phi) is 5.72. The molecule has 5 nitrogen and oxygen atoms in total. The molecule has 0 fully saturated rings. The number of fused-ring (bicyclic) bond motifs is 1. The Hall–Kier alpha value is -2.12. The minimum atomic E-state index is -0.895. The molecule has 27 heavy (non-hydrogen) atoms. The highest BCUT2D eigenvalue weighted by Gasteiger charge is 2.30. The van der Waals surface area contributed by atoms with Crippen molar-refractivity contribution < 1.29 is 13.6 Å². The van der Waals surface area contributed by atoms with Crippen LogP contribution < -0.4 is 11.1 Å². The van der Waals surface area contributed by atoms with Crippen LogP contribution in [-0.4, -0.2) is 21.9 Å². The molecule has 1 aliphatic rings. The largest absolute Gasteiger partial charge is 0.327 e. The highest BCUT2D eigenvalue weighted by molar-refractivity contribution is 6.32. The lowest BCUT2D eigenvalue weighted by Crippen LogP contribution is -2.32. The predicted octanol–water partition coefficient (Wildman–Crippen LogP) is 3.66. The van der Waals surface area contributed by atoms with Crippen LogP contribution in [-0.2, 0) is 17.6 Å². The zero-order valence-electron chi connectivity index (χ0n) is 15.2. The van der Waals surface area contributed by atoms with E-state index in [9.17, 15) is 13.6 Å². The van der Waals surface area contributed by atoms with Crippen LogP contribution in [0.15, 0.2) is 12.1 Å². The summed E-state index contributed by atoms with van der Waals surface area (Å²) >= 11 is 6.15. The van der Waals surface area contributed by atoms with Gasteiger partial charge in [-0.05, 0) is 43.0 Å². The number of amides is 1. The summed E-state index contributed by atoms with van der Waals surface area (Å²) in [5, 5.41) is 2.90. The van der Waals surface area contributed by atoms with Crippen molar-refractivity contribution in [2.24, 2.45) is 5.73 Å². The van der Waals surface area contributed by atoms with Crippen LogP contribution in [0.3, 0.4) is 0 Å². The lowest BCUT2D eigenvalue weighted by molar-refractivity contribution is -0.116. The van der Waals surface area contributed by atoms with Gasteiger partial charge in [-0.15, -0.1) is 0 Å². The van der Waals surface area contributed by atoms with E-state index in [-0.39, 0.29) is 23.4 Å². The van der Waals surface area contributed by atoms with E-state index in [1.165, 1.54) is 12.1 Å². The Labute approximate surface area is 161 Å². The molecule has 0 saturated carbocycles. The number of halogens is 3. The molecule has 2 aromatic rings. The van der Waals surface area contributed by atoms with Gasteiger partial charge in [-0.3, -0.25) is 4.79 Å². The van der Waals surface area contributed by atoms with E-state index in [4.69, 9.17) is 17.3 Å². The summed E-state index contributed by atoms with van der Waals surface area (Å²) in [5.41, 5.74) is 8.59. The van der Waals surface area contributed by atoms with Crippen molar-refractivity contribution in [1.82, 2.24) is 9.97 Å². The number of hydrogen-bond acceptors (Lipinski definition) is 4. The van der Waals surface area contributed by atoms with Crippen LogP contribution in [0.4, 0.5) is 14.5 Å². The molecular formula is C19H21ClF2N4O. The number of aryl methyl sites for hydroxylation is 3. The second kappa shape index (κ2) is 7.86. The van der Waals surface area contributed by atoms with Gasteiger partial charge < -0.3 is 11.1 Å². The molecule has 0 radical (unpaired) electrons. The van der Waals surface area contributed by atoms with Crippen molar-refractivity contribution in [3.8, 4) is 0 Å². The topological polar surface area (TPSA) is 80.9 Å². The fourth-order valence-electron chi connectivity index (χ4n) is 3.52. The third kappa shape index (κ3) is 4.09. The van der Waals surface area contributed by atoms with Gasteiger partial charge in [0.05, 0.1) is 5.69 Å². The molecule has 3 N–H and O–H groups in total. The molecule has 2 atom stereocenters. The molecule has 0 aliphatic heterocycles. The van der Waals surface area contributed by atoms with Crippen molar-refractivity contribution in [1.29, 1.82) is 0 Å². The van der Waals surface area contributed by atoms with Crippen LogP contribution in [0.2, 0.25) is 5.15 Å². The van der Waals surface area contributed by atoms with E-state index in [1.807, 2.05) is 6.92 Å². The number of benzene rings is 1. The predicted molar refractivity (Wildman–Crippen MR) is 99.8 cm³/mol. The van der Waals surface area contributed by atoms with Crippen LogP contribution in [0.5, 0.6) is 0 Å². The van der Waals surface area contributed by atoms with Crippen molar-refractivity contribution in [3.05, 3.63) is 51.6 Å². The Morgan fingerprint density at radius 2 is 2.07 bits per heavy atom. The Bertz CT molecular complexity index is 867. The quantitative estimate of drug-likeness (QED) is 0.758. The summed E-state index contributed by atoms with van der Waals surface area (Å²) in [4.78, 5) is 20.9. The van der Waals surface area contributed by atoms with Crippen LogP contribution in [0.1, 0.15) is 48.3 Å². The number of anilines is 1. The molecule has 1 amide bonds. The second-order valence-electron chi connectivity index (χ2n) is 6.77. The summed E-state index contributed by atoms with van der Waals surface area (Å²) in [6.45, 7) is 3.66. The van der Waals surface area contributed by atoms with Crippen LogP contribution >= 0.6 is 11.6 Å². The Balaban J connectivity index is 1.70. The van der Waals surface area contributed by atoms with E-state index in [1.54, 1.807) is 6.92 Å². The molecule has 0 spiro atoms. The molecule has 2 unspecified atom stereocenters. The maximum absolute atomic E-state index is 13.6. The highest BCUT2D eigenvalue weighted by Crippen LogP contribution is 2.37. The smallest absolute Gasteiger partial charge is 0.226 e. The molecule has 3 rings (SSSR count). The average Bonchev–Trinajstić information content (AvgIpc) is 3.01. The summed E-state index contributed by atoms with van der Waals surface area (Å²) in [5.74, 6) is -1.68. The third-order valence-corrected chi connectivity index (χ3v) is 5.19. The van der Waals surface area contributed by atoms with Gasteiger partial charge in [0.15, 0.2) is 16.8 Å². The fraction of sp³-hybridized carbons (Fsp3) is 0.421. The van der Waals surface area contributed by atoms with Gasteiger partial charge in [0, 0.05) is 24.8 Å². The van der Waals surface area contributed by atoms with Gasteiger partial charge in [0.2, 0.25) is 5.91 Å². The molecule has 144 valence electrons. The van der Waals surface area contributed by atoms with Gasteiger partial charge in [-0.25, -0.2) is 18.7 Å². The van der Waals surface area contributed by atoms with E-state index in [0.29, 0.717) is 42.0 Å². The van der Waals surface area contributed by atoms with E-state index in [2.05, 4.69) is 15.3 Å². The van der Waals surface area contributed by atoms with Crippen LogP contribution in [0.25, 0.3) is 0 Å². The van der Waals surface area contributed by atoms with Crippen LogP contribution in [0, 0.1) is 18.6 Å². The third-order valence-electron chi connectivity index (χ3n) is 4.92. The maximum atomic E-state index is 13.6. The van der Waals surface area contributed by atoms with E-state index in [0.717, 1.165) is 5.56 Å². The normalized spacial score (nSPS) is 16.9. The monoisotopic (exact) mass is 394 g/mol. The summed E-state index contributed by atoms with van der Waals surface area (Å²) < 4.78 is 27.0. The molecule has 1 heterocycles. The maximum Gasteiger partial charge on any atom is 0.226 e. The van der Waals surface area contributed by atoms with Gasteiger partial charge >= 0.3 is 0 Å². The number of nitrogens with two attached hydrogens (primary N) is 1. The van der Waals surface area contributed by atoms with Gasteiger partial charge in [0.25, 0.3) is 0 Å². The number of hydrogen-bond donors (Lipinski definition) is 2. The van der Waals surface area contributed by atoms with Crippen molar-refractivity contribution >= 4 is 23.2 Å². The lowest BCUT2D eigenvalue weighted by Gasteiger charge is -2.20. The number of nitrogens with one attached hydrogen (secondary N) is 1. The van der Waals surface area contributed by atoms with Gasteiger partial charge in [-0.1, -0.05) is 18.5 Å². The minimum Gasteiger partial charge on any atom is -0.327 e. The van der Waals surface area contributed by atoms with E-state index < -0.39 is 17.7 Å². The Morgan fingerprint density at radius 1 is 1.37 bits per heavy atom. The zero-order chi connectivity index (χ0) is 19.7. The second-order valence-corrected chi connectivity index (χ2v) is 7.13. The SMILES string of the molecule is CCc1nc(C)c(NC(=O)CC(N)C2CCc3cc(F)c(F)cc32)c(Cl)n1. The first-order valence-electron chi connectivity index (χ1n) is 8.86. The summed E-state index contributed by atoms with van der Waals surface area (Å²) in [7, 11) is 0. The highest BCUT2D eigenvalue weighted by atomic mass is 35.5. The number of carbonyl (C=O) groups excluding carboxylic acids is 1. The summed E-state index contributed by atoms with van der Waals surface area (Å²) in [6.07, 6.45) is 1.93. The van der Waals surface area contributed by atoms with Crippen molar-refractivity contribution in [2.75, 3.05) is 5.32 Å². The number of carbonyl (C=O) groups is 1. The number of aromatic nitrogens is 2. The van der Waals surface area contributed by atoms with Gasteiger partial charge in [0.1, 0.15) is 11.5 Å². The number of nitrogens with zero attached hydrogens (tertiary/aromatic N) is 2. The molecular weight excluding hydrogens is 374 g/mol. The minimum absolute atomic E-state index is 0.0222. The zero-order valence-corrected chi connectivity index (χ0v) is 15.9. The van der Waals surface area contributed by atoms with Gasteiger partial charge in [-0.2, -0.15) is 0 Å². The first kappa shape index (κ1) is 19.6. The molecule has 8 heteroatoms. The first-order valence-corrected chi connectivity index (χ1v) is 9.24. The Morgan fingerprint density at radius 3 is 2.74 bits per heavy atom. The first-order chi connectivity index (χ1) is 12.8. The average molecular weight is 395 g/mol. The molecule has 1 aromatic carbocycles. The van der Waals surface area contributed by atoms with E-state index >= 15 is 0 Å². The lowest BCUT2D eigenvalue weighted by atomic mass is 9.91. The summed E-state index contributed by atoms with van der Waals surface area (Å²) in [6, 6.07) is 1.89.